The van der Waals surface area contributed by atoms with Gasteiger partial charge in [0.05, 0.1) is 16.7 Å². The van der Waals surface area contributed by atoms with E-state index in [1.807, 2.05) is 6.92 Å². The van der Waals surface area contributed by atoms with E-state index in [0.717, 1.165) is 31.7 Å². The first-order chi connectivity index (χ1) is 10.3. The Labute approximate surface area is 131 Å². The van der Waals surface area contributed by atoms with E-state index in [9.17, 15) is 17.9 Å². The number of anilines is 1. The van der Waals surface area contributed by atoms with Crippen molar-refractivity contribution in [3.63, 3.8) is 0 Å². The van der Waals surface area contributed by atoms with Gasteiger partial charge < -0.3 is 10.4 Å². The fourth-order valence-electron chi connectivity index (χ4n) is 2.81. The van der Waals surface area contributed by atoms with Gasteiger partial charge >= 0.3 is 0 Å². The van der Waals surface area contributed by atoms with Crippen LogP contribution in [0, 0.1) is 11.2 Å². The van der Waals surface area contributed by atoms with Gasteiger partial charge in [-0.2, -0.15) is 0 Å². The highest BCUT2D eigenvalue weighted by molar-refractivity contribution is 7.89. The number of halogens is 1. The van der Waals surface area contributed by atoms with Crippen LogP contribution < -0.4 is 10.0 Å². The monoisotopic (exact) mass is 330 g/mol. The van der Waals surface area contributed by atoms with Crippen molar-refractivity contribution < 1.29 is 17.9 Å². The van der Waals surface area contributed by atoms with Gasteiger partial charge in [-0.05, 0) is 38.1 Å². The van der Waals surface area contributed by atoms with Crippen LogP contribution in [0.2, 0.25) is 0 Å². The molecule has 5 nitrogen and oxygen atoms in total. The second-order valence-electron chi connectivity index (χ2n) is 6.12. The standard InChI is InChI=1S/C15H23FN2O3S/c1-15(8-4-3-5-14(15)19)10-18-13-7-6-11(9-12(13)16)22(20,21)17-2/h6-7,9,14,17-19H,3-5,8,10H2,1-2H3. The van der Waals surface area contributed by atoms with E-state index in [1.165, 1.54) is 19.2 Å². The van der Waals surface area contributed by atoms with Crippen LogP contribution >= 0.6 is 0 Å². The van der Waals surface area contributed by atoms with Crippen molar-refractivity contribution in [3.05, 3.63) is 24.0 Å². The Balaban J connectivity index is 2.11. The molecule has 1 aliphatic rings. The summed E-state index contributed by atoms with van der Waals surface area (Å²) in [6, 6.07) is 3.77. The highest BCUT2D eigenvalue weighted by Gasteiger charge is 2.35. The summed E-state index contributed by atoms with van der Waals surface area (Å²) in [6.07, 6.45) is 3.31. The van der Waals surface area contributed by atoms with Gasteiger partial charge in [0.2, 0.25) is 10.0 Å². The average molecular weight is 330 g/mol. The van der Waals surface area contributed by atoms with Crippen LogP contribution in [0.15, 0.2) is 23.1 Å². The number of hydrogen-bond acceptors (Lipinski definition) is 4. The zero-order chi connectivity index (χ0) is 16.4. The lowest BCUT2D eigenvalue weighted by molar-refractivity contribution is 0.00959. The molecule has 0 heterocycles. The molecular formula is C15H23FN2O3S. The summed E-state index contributed by atoms with van der Waals surface area (Å²) < 4.78 is 39.5. The molecule has 3 N–H and O–H groups in total. The normalized spacial score (nSPS) is 25.9. The molecule has 0 spiro atoms. The minimum atomic E-state index is -3.65. The Morgan fingerprint density at radius 3 is 2.73 bits per heavy atom. The first kappa shape index (κ1) is 17.2. The molecule has 0 aromatic heterocycles. The van der Waals surface area contributed by atoms with E-state index in [-0.39, 0.29) is 16.0 Å². The van der Waals surface area contributed by atoms with E-state index in [1.54, 1.807) is 0 Å². The summed E-state index contributed by atoms with van der Waals surface area (Å²) in [6.45, 7) is 2.44. The van der Waals surface area contributed by atoms with E-state index in [2.05, 4.69) is 10.0 Å². The lowest BCUT2D eigenvalue weighted by Gasteiger charge is -2.38. The maximum Gasteiger partial charge on any atom is 0.240 e. The Hall–Kier alpha value is -1.18. The summed E-state index contributed by atoms with van der Waals surface area (Å²) >= 11 is 0. The largest absolute Gasteiger partial charge is 0.392 e. The van der Waals surface area contributed by atoms with Crippen molar-refractivity contribution >= 4 is 15.7 Å². The van der Waals surface area contributed by atoms with Crippen molar-refractivity contribution in [2.75, 3.05) is 18.9 Å². The van der Waals surface area contributed by atoms with Gasteiger partial charge in [-0.15, -0.1) is 0 Å². The molecule has 22 heavy (non-hydrogen) atoms. The van der Waals surface area contributed by atoms with Crippen molar-refractivity contribution in [2.24, 2.45) is 5.41 Å². The molecule has 0 saturated heterocycles. The molecule has 0 amide bonds. The van der Waals surface area contributed by atoms with Crippen LogP contribution in [0.1, 0.15) is 32.6 Å². The molecule has 1 aromatic rings. The van der Waals surface area contributed by atoms with Crippen LogP contribution in [-0.4, -0.2) is 33.2 Å². The number of aliphatic hydroxyl groups is 1. The zero-order valence-corrected chi connectivity index (χ0v) is 13.7. The Bertz CT molecular complexity index is 636. The molecule has 7 heteroatoms. The minimum absolute atomic E-state index is 0.109. The number of benzene rings is 1. The quantitative estimate of drug-likeness (QED) is 0.772. The third-order valence-corrected chi connectivity index (χ3v) is 5.89. The third-order valence-electron chi connectivity index (χ3n) is 4.48. The average Bonchev–Trinajstić information content (AvgIpc) is 2.49. The van der Waals surface area contributed by atoms with Crippen molar-refractivity contribution in [1.29, 1.82) is 0 Å². The Morgan fingerprint density at radius 1 is 1.41 bits per heavy atom. The maximum absolute atomic E-state index is 14.1. The number of aliphatic hydroxyl groups excluding tert-OH is 1. The highest BCUT2D eigenvalue weighted by Crippen LogP contribution is 2.36. The van der Waals surface area contributed by atoms with Gasteiger partial charge in [-0.25, -0.2) is 17.5 Å². The molecule has 2 unspecified atom stereocenters. The van der Waals surface area contributed by atoms with E-state index >= 15 is 0 Å². The summed E-state index contributed by atoms with van der Waals surface area (Å²) in [5.41, 5.74) is -0.0468. The molecule has 2 atom stereocenters. The first-order valence-electron chi connectivity index (χ1n) is 7.43. The second kappa shape index (κ2) is 6.52. The molecule has 0 bridgehead atoms. The van der Waals surface area contributed by atoms with Gasteiger partial charge in [0.15, 0.2) is 0 Å². The lowest BCUT2D eigenvalue weighted by atomic mass is 9.73. The summed E-state index contributed by atoms with van der Waals surface area (Å²) in [4.78, 5) is -0.109. The van der Waals surface area contributed by atoms with Crippen molar-refractivity contribution in [2.45, 2.75) is 43.6 Å². The molecule has 124 valence electrons. The SMILES string of the molecule is CNS(=O)(=O)c1ccc(NCC2(C)CCCCC2O)c(F)c1. The minimum Gasteiger partial charge on any atom is -0.392 e. The summed E-state index contributed by atoms with van der Waals surface area (Å²) in [5.74, 6) is -0.620. The van der Waals surface area contributed by atoms with Crippen LogP contribution in [0.4, 0.5) is 10.1 Å². The lowest BCUT2D eigenvalue weighted by Crippen LogP contribution is -2.41. The molecule has 0 aliphatic heterocycles. The van der Waals surface area contributed by atoms with Crippen LogP contribution in [0.5, 0.6) is 0 Å². The van der Waals surface area contributed by atoms with E-state index in [0.29, 0.717) is 6.54 Å². The predicted molar refractivity (Wildman–Crippen MR) is 83.7 cm³/mol. The fourth-order valence-corrected chi connectivity index (χ4v) is 3.55. The molecule has 1 aliphatic carbocycles. The van der Waals surface area contributed by atoms with E-state index in [4.69, 9.17) is 0 Å². The number of rotatable bonds is 5. The Kier molecular flexibility index (Phi) is 5.09. The molecular weight excluding hydrogens is 307 g/mol. The molecule has 2 rings (SSSR count). The molecule has 1 aromatic carbocycles. The third kappa shape index (κ3) is 3.59. The Morgan fingerprint density at radius 2 is 2.14 bits per heavy atom. The van der Waals surface area contributed by atoms with Gasteiger partial charge in [0, 0.05) is 12.0 Å². The van der Waals surface area contributed by atoms with E-state index < -0.39 is 21.9 Å². The zero-order valence-electron chi connectivity index (χ0n) is 12.9. The second-order valence-corrected chi connectivity index (χ2v) is 8.00. The van der Waals surface area contributed by atoms with Crippen molar-refractivity contribution in [1.82, 2.24) is 4.72 Å². The molecule has 1 fully saturated rings. The topological polar surface area (TPSA) is 78.4 Å². The fraction of sp³-hybridized carbons (Fsp3) is 0.600. The predicted octanol–water partition coefficient (Wildman–Crippen LogP) is 2.09. The number of hydrogen-bond donors (Lipinski definition) is 3. The van der Waals surface area contributed by atoms with Gasteiger partial charge in [-0.1, -0.05) is 19.8 Å². The number of sulfonamides is 1. The van der Waals surface area contributed by atoms with Crippen LogP contribution in [0.3, 0.4) is 0 Å². The highest BCUT2D eigenvalue weighted by atomic mass is 32.2. The summed E-state index contributed by atoms with van der Waals surface area (Å²) in [5, 5.41) is 13.1. The van der Waals surface area contributed by atoms with Crippen molar-refractivity contribution in [3.8, 4) is 0 Å². The van der Waals surface area contributed by atoms with Crippen LogP contribution in [-0.2, 0) is 10.0 Å². The number of nitrogens with one attached hydrogen (secondary N) is 2. The summed E-state index contributed by atoms with van der Waals surface area (Å²) in [7, 11) is -2.37. The van der Waals surface area contributed by atoms with Gasteiger partial charge in [-0.3, -0.25) is 0 Å². The molecule has 1 saturated carbocycles. The van der Waals surface area contributed by atoms with Gasteiger partial charge in [0.1, 0.15) is 5.82 Å². The smallest absolute Gasteiger partial charge is 0.240 e. The van der Waals surface area contributed by atoms with Crippen LogP contribution in [0.25, 0.3) is 0 Å². The molecule has 0 radical (unpaired) electrons. The maximum atomic E-state index is 14.1. The van der Waals surface area contributed by atoms with Gasteiger partial charge in [0.25, 0.3) is 0 Å². The first-order valence-corrected chi connectivity index (χ1v) is 8.92.